The third kappa shape index (κ3) is 4.00. The Morgan fingerprint density at radius 3 is 2.39 bits per heavy atom. The first kappa shape index (κ1) is 15.0. The summed E-state index contributed by atoms with van der Waals surface area (Å²) in [6, 6.07) is 8.41. The van der Waals surface area contributed by atoms with Crippen LogP contribution in [0.2, 0.25) is 0 Å². The van der Waals surface area contributed by atoms with Crippen LogP contribution in [0, 0.1) is 0 Å². The van der Waals surface area contributed by atoms with E-state index >= 15 is 0 Å². The Morgan fingerprint density at radius 1 is 1.28 bits per heavy atom. The molecular weight excluding hydrogens is 224 g/mol. The van der Waals surface area contributed by atoms with E-state index in [9.17, 15) is 0 Å². The summed E-state index contributed by atoms with van der Waals surface area (Å²) in [5, 5.41) is 0. The summed E-state index contributed by atoms with van der Waals surface area (Å²) >= 11 is 0. The number of benzene rings is 1. The fourth-order valence-corrected chi connectivity index (χ4v) is 1.99. The van der Waals surface area contributed by atoms with E-state index in [4.69, 9.17) is 10.5 Å². The molecule has 1 aromatic carbocycles. The molecule has 2 unspecified atom stereocenters. The highest BCUT2D eigenvalue weighted by molar-refractivity contribution is 5.29. The number of rotatable bonds is 7. The number of unbranched alkanes of at least 4 members (excludes halogenated alkanes) is 1. The zero-order valence-electron chi connectivity index (χ0n) is 12.0. The Balaban J connectivity index is 2.63. The maximum absolute atomic E-state index is 6.32. The minimum absolute atomic E-state index is 0.0396. The van der Waals surface area contributed by atoms with Gasteiger partial charge in [-0.25, -0.2) is 0 Å². The molecule has 102 valence electrons. The summed E-state index contributed by atoms with van der Waals surface area (Å²) < 4.78 is 5.16. The second-order valence-corrected chi connectivity index (χ2v) is 4.87. The van der Waals surface area contributed by atoms with E-state index in [1.54, 1.807) is 7.11 Å². The quantitative estimate of drug-likeness (QED) is 0.808. The van der Waals surface area contributed by atoms with Crippen LogP contribution < -0.4 is 10.5 Å². The number of nitrogens with zero attached hydrogens (tertiary/aromatic N) is 1. The van der Waals surface area contributed by atoms with Crippen molar-refractivity contribution in [2.75, 3.05) is 20.7 Å². The molecule has 3 nitrogen and oxygen atoms in total. The molecule has 0 amide bonds. The number of likely N-dealkylation sites (N-methyl/N-ethyl adjacent to an activating group) is 1. The van der Waals surface area contributed by atoms with Crippen LogP contribution in [0.3, 0.4) is 0 Å². The van der Waals surface area contributed by atoms with Crippen molar-refractivity contribution in [2.45, 2.75) is 38.8 Å². The number of hydrogen-bond donors (Lipinski definition) is 1. The third-order valence-corrected chi connectivity index (χ3v) is 3.58. The lowest BCUT2D eigenvalue weighted by Gasteiger charge is -2.30. The van der Waals surface area contributed by atoms with Crippen LogP contribution in [0.1, 0.15) is 38.3 Å². The lowest BCUT2D eigenvalue weighted by molar-refractivity contribution is 0.224. The van der Waals surface area contributed by atoms with E-state index < -0.39 is 0 Å². The molecule has 0 saturated carbocycles. The molecule has 1 aromatic rings. The molecule has 0 heterocycles. The van der Waals surface area contributed by atoms with Gasteiger partial charge in [-0.1, -0.05) is 25.5 Å². The fourth-order valence-electron chi connectivity index (χ4n) is 1.99. The number of hydrogen-bond acceptors (Lipinski definition) is 3. The van der Waals surface area contributed by atoms with Gasteiger partial charge in [-0.15, -0.1) is 0 Å². The number of nitrogens with two attached hydrogens (primary N) is 1. The first-order valence-electron chi connectivity index (χ1n) is 6.70. The SMILES string of the molecule is CCCCN(C)C(C)C(N)c1ccc(OC)cc1. The first-order chi connectivity index (χ1) is 8.60. The van der Waals surface area contributed by atoms with Gasteiger partial charge in [0.05, 0.1) is 7.11 Å². The van der Waals surface area contributed by atoms with Gasteiger partial charge >= 0.3 is 0 Å². The van der Waals surface area contributed by atoms with Crippen molar-refractivity contribution >= 4 is 0 Å². The zero-order valence-corrected chi connectivity index (χ0v) is 12.0. The summed E-state index contributed by atoms with van der Waals surface area (Å²) in [5.41, 5.74) is 7.48. The molecule has 0 saturated heterocycles. The highest BCUT2D eigenvalue weighted by atomic mass is 16.5. The van der Waals surface area contributed by atoms with Crippen LogP contribution >= 0.6 is 0 Å². The van der Waals surface area contributed by atoms with Gasteiger partial charge in [0.2, 0.25) is 0 Å². The molecular formula is C15H26N2O. The average molecular weight is 250 g/mol. The van der Waals surface area contributed by atoms with Crippen molar-refractivity contribution in [3.63, 3.8) is 0 Å². The Morgan fingerprint density at radius 2 is 1.89 bits per heavy atom. The van der Waals surface area contributed by atoms with Crippen molar-refractivity contribution in [3.05, 3.63) is 29.8 Å². The maximum atomic E-state index is 6.32. The van der Waals surface area contributed by atoms with E-state index in [1.807, 2.05) is 24.3 Å². The molecule has 0 fully saturated rings. The molecule has 0 aliphatic heterocycles. The molecule has 2 N–H and O–H groups in total. The van der Waals surface area contributed by atoms with E-state index in [0.717, 1.165) is 17.9 Å². The molecule has 0 aliphatic rings. The Labute approximate surface area is 111 Å². The van der Waals surface area contributed by atoms with Crippen molar-refractivity contribution in [3.8, 4) is 5.75 Å². The lowest BCUT2D eigenvalue weighted by atomic mass is 10.00. The van der Waals surface area contributed by atoms with Gasteiger partial charge in [0.15, 0.2) is 0 Å². The number of ether oxygens (including phenoxy) is 1. The van der Waals surface area contributed by atoms with E-state index in [0.29, 0.717) is 6.04 Å². The van der Waals surface area contributed by atoms with Crippen molar-refractivity contribution in [1.29, 1.82) is 0 Å². The van der Waals surface area contributed by atoms with Crippen LogP contribution in [0.4, 0.5) is 0 Å². The second-order valence-electron chi connectivity index (χ2n) is 4.87. The minimum Gasteiger partial charge on any atom is -0.497 e. The molecule has 1 rings (SSSR count). The van der Waals surface area contributed by atoms with Crippen LogP contribution in [0.15, 0.2) is 24.3 Å². The zero-order chi connectivity index (χ0) is 13.5. The van der Waals surface area contributed by atoms with Crippen molar-refractivity contribution in [2.24, 2.45) is 5.73 Å². The predicted molar refractivity (Wildman–Crippen MR) is 76.9 cm³/mol. The predicted octanol–water partition coefficient (Wildman–Crippen LogP) is 2.82. The fraction of sp³-hybridized carbons (Fsp3) is 0.600. The van der Waals surface area contributed by atoms with E-state index in [2.05, 4.69) is 25.8 Å². The second kappa shape index (κ2) is 7.39. The first-order valence-corrected chi connectivity index (χ1v) is 6.70. The Hall–Kier alpha value is -1.06. The largest absolute Gasteiger partial charge is 0.497 e. The lowest BCUT2D eigenvalue weighted by Crippen LogP contribution is -2.38. The smallest absolute Gasteiger partial charge is 0.118 e. The Kier molecular flexibility index (Phi) is 6.16. The molecule has 2 atom stereocenters. The maximum Gasteiger partial charge on any atom is 0.118 e. The van der Waals surface area contributed by atoms with E-state index in [1.165, 1.54) is 12.8 Å². The van der Waals surface area contributed by atoms with Crippen LogP contribution in [-0.4, -0.2) is 31.6 Å². The van der Waals surface area contributed by atoms with Gasteiger partial charge < -0.3 is 15.4 Å². The summed E-state index contributed by atoms with van der Waals surface area (Å²) in [6.07, 6.45) is 2.44. The molecule has 18 heavy (non-hydrogen) atoms. The highest BCUT2D eigenvalue weighted by Gasteiger charge is 2.18. The van der Waals surface area contributed by atoms with Gasteiger partial charge in [0.1, 0.15) is 5.75 Å². The van der Waals surface area contributed by atoms with Crippen LogP contribution in [-0.2, 0) is 0 Å². The standard InChI is InChI=1S/C15H26N2O/c1-5-6-11-17(3)12(2)15(16)13-7-9-14(18-4)10-8-13/h7-10,12,15H,5-6,11,16H2,1-4H3. The molecule has 0 spiro atoms. The average Bonchev–Trinajstić information content (AvgIpc) is 2.43. The molecule has 0 radical (unpaired) electrons. The van der Waals surface area contributed by atoms with Crippen molar-refractivity contribution < 1.29 is 4.74 Å². The number of methoxy groups -OCH3 is 1. The monoisotopic (exact) mass is 250 g/mol. The van der Waals surface area contributed by atoms with Crippen molar-refractivity contribution in [1.82, 2.24) is 4.90 Å². The highest BCUT2D eigenvalue weighted by Crippen LogP contribution is 2.20. The minimum atomic E-state index is 0.0396. The summed E-state index contributed by atoms with van der Waals surface area (Å²) in [5.74, 6) is 0.873. The van der Waals surface area contributed by atoms with Gasteiger partial charge in [-0.05, 0) is 44.6 Å². The van der Waals surface area contributed by atoms with Gasteiger partial charge in [-0.2, -0.15) is 0 Å². The molecule has 0 aromatic heterocycles. The third-order valence-electron chi connectivity index (χ3n) is 3.58. The van der Waals surface area contributed by atoms with E-state index in [-0.39, 0.29) is 6.04 Å². The molecule has 0 aliphatic carbocycles. The normalized spacial score (nSPS) is 14.6. The van der Waals surface area contributed by atoms with Crippen LogP contribution in [0.5, 0.6) is 5.75 Å². The summed E-state index contributed by atoms with van der Waals surface area (Å²) in [4.78, 5) is 2.33. The molecule has 3 heteroatoms. The summed E-state index contributed by atoms with van der Waals surface area (Å²) in [7, 11) is 3.82. The van der Waals surface area contributed by atoms with Gasteiger partial charge in [0.25, 0.3) is 0 Å². The van der Waals surface area contributed by atoms with Gasteiger partial charge in [0, 0.05) is 12.1 Å². The molecule has 0 bridgehead atoms. The van der Waals surface area contributed by atoms with Gasteiger partial charge in [-0.3, -0.25) is 0 Å². The summed E-state index contributed by atoms with van der Waals surface area (Å²) in [6.45, 7) is 5.49. The Bertz CT molecular complexity index is 337. The van der Waals surface area contributed by atoms with Crippen LogP contribution in [0.25, 0.3) is 0 Å². The topological polar surface area (TPSA) is 38.5 Å².